The molecule has 0 saturated heterocycles. The molecule has 0 saturated carbocycles. The lowest BCUT2D eigenvalue weighted by atomic mass is 10.1. The van der Waals surface area contributed by atoms with Crippen LogP contribution in [0, 0.1) is 0 Å². The molecule has 0 bridgehead atoms. The first-order chi connectivity index (χ1) is 6.24. The lowest BCUT2D eigenvalue weighted by Crippen LogP contribution is -2.16. The first kappa shape index (κ1) is 9.86. The van der Waals surface area contributed by atoms with Crippen LogP contribution in [0.3, 0.4) is 0 Å². The average molecular weight is 178 g/mol. The summed E-state index contributed by atoms with van der Waals surface area (Å²) in [6.07, 6.45) is 3.40. The van der Waals surface area contributed by atoms with Crippen molar-refractivity contribution in [3.05, 3.63) is 29.6 Å². The fraction of sp³-hybridized carbons (Fsp3) is 0.400. The van der Waals surface area contributed by atoms with E-state index < -0.39 is 0 Å². The van der Waals surface area contributed by atoms with E-state index in [1.54, 1.807) is 18.3 Å². The maximum atomic E-state index is 10.6. The molecule has 1 rings (SSSR count). The van der Waals surface area contributed by atoms with Crippen LogP contribution in [0.1, 0.15) is 16.1 Å². The Morgan fingerprint density at radius 3 is 2.92 bits per heavy atom. The minimum atomic E-state index is 0.698. The fourth-order valence-corrected chi connectivity index (χ4v) is 1.10. The highest BCUT2D eigenvalue weighted by atomic mass is 16.1. The molecule has 1 aromatic heterocycles. The molecule has 0 aliphatic carbocycles. The van der Waals surface area contributed by atoms with Crippen LogP contribution in [0.5, 0.6) is 0 Å². The second-order valence-corrected chi connectivity index (χ2v) is 3.21. The number of aldehydes is 1. The van der Waals surface area contributed by atoms with Gasteiger partial charge in [0.1, 0.15) is 0 Å². The topological polar surface area (TPSA) is 33.2 Å². The van der Waals surface area contributed by atoms with Crippen molar-refractivity contribution >= 4 is 6.29 Å². The molecule has 0 aliphatic heterocycles. The van der Waals surface area contributed by atoms with Gasteiger partial charge < -0.3 is 4.90 Å². The molecule has 0 atom stereocenters. The van der Waals surface area contributed by atoms with Crippen LogP contribution < -0.4 is 0 Å². The Hall–Kier alpha value is -1.22. The monoisotopic (exact) mass is 178 g/mol. The van der Waals surface area contributed by atoms with Crippen molar-refractivity contribution in [1.82, 2.24) is 9.88 Å². The van der Waals surface area contributed by atoms with Gasteiger partial charge in [-0.15, -0.1) is 0 Å². The van der Waals surface area contributed by atoms with Gasteiger partial charge in [0, 0.05) is 24.7 Å². The highest BCUT2D eigenvalue weighted by molar-refractivity contribution is 5.76. The summed E-state index contributed by atoms with van der Waals surface area (Å²) in [6.45, 7) is 0.915. The molecule has 0 unspecified atom stereocenters. The quantitative estimate of drug-likeness (QED) is 0.645. The molecule has 1 heterocycles. The number of aromatic nitrogens is 1. The Balaban J connectivity index is 2.69. The zero-order chi connectivity index (χ0) is 9.68. The smallest absolute Gasteiger partial charge is 0.151 e. The molecule has 1 aromatic rings. The third kappa shape index (κ3) is 2.95. The normalized spacial score (nSPS) is 10.4. The number of carbonyl (C=O) groups excluding carboxylic acids is 1. The van der Waals surface area contributed by atoms with Crippen LogP contribution in [0.4, 0.5) is 0 Å². The number of hydrogen-bond acceptors (Lipinski definition) is 3. The summed E-state index contributed by atoms with van der Waals surface area (Å²) < 4.78 is 0. The molecule has 0 N–H and O–H groups in total. The molecule has 0 aromatic carbocycles. The number of rotatable bonds is 4. The van der Waals surface area contributed by atoms with Crippen LogP contribution in [0.15, 0.2) is 18.3 Å². The van der Waals surface area contributed by atoms with E-state index in [1.807, 2.05) is 14.1 Å². The lowest BCUT2D eigenvalue weighted by Gasteiger charge is -2.09. The van der Waals surface area contributed by atoms with Crippen LogP contribution in [0.25, 0.3) is 0 Å². The molecule has 3 nitrogen and oxygen atoms in total. The minimum Gasteiger partial charge on any atom is -0.309 e. The summed E-state index contributed by atoms with van der Waals surface area (Å²) in [5.41, 5.74) is 1.58. The third-order valence-corrected chi connectivity index (χ3v) is 1.85. The Morgan fingerprint density at radius 1 is 1.54 bits per heavy atom. The molecule has 70 valence electrons. The van der Waals surface area contributed by atoms with Crippen molar-refractivity contribution in [2.45, 2.75) is 6.42 Å². The summed E-state index contributed by atoms with van der Waals surface area (Å²) >= 11 is 0. The standard InChI is InChI=1S/C10H14N2O/c1-12(2)7-5-10-9(8-13)4-3-6-11-10/h3-4,6,8H,5,7H2,1-2H3. The van der Waals surface area contributed by atoms with Crippen LogP contribution in [-0.2, 0) is 6.42 Å². The van der Waals surface area contributed by atoms with Gasteiger partial charge in [0.05, 0.1) is 5.69 Å². The van der Waals surface area contributed by atoms with Gasteiger partial charge in [0.2, 0.25) is 0 Å². The summed E-state index contributed by atoms with van der Waals surface area (Å²) in [5.74, 6) is 0. The lowest BCUT2D eigenvalue weighted by molar-refractivity contribution is 0.112. The van der Waals surface area contributed by atoms with Crippen molar-refractivity contribution < 1.29 is 4.79 Å². The van der Waals surface area contributed by atoms with Gasteiger partial charge in [-0.2, -0.15) is 0 Å². The predicted octanol–water partition coefficient (Wildman–Crippen LogP) is 0.998. The average Bonchev–Trinajstić information content (AvgIpc) is 2.15. The van der Waals surface area contributed by atoms with Crippen molar-refractivity contribution in [1.29, 1.82) is 0 Å². The molecule has 0 radical (unpaired) electrons. The van der Waals surface area contributed by atoms with E-state index >= 15 is 0 Å². The highest BCUT2D eigenvalue weighted by Crippen LogP contribution is 2.03. The van der Waals surface area contributed by atoms with Gasteiger partial charge in [0.25, 0.3) is 0 Å². The van der Waals surface area contributed by atoms with E-state index in [4.69, 9.17) is 0 Å². The van der Waals surface area contributed by atoms with E-state index in [-0.39, 0.29) is 0 Å². The summed E-state index contributed by atoms with van der Waals surface area (Å²) in [6, 6.07) is 3.58. The van der Waals surface area contributed by atoms with Gasteiger partial charge in [0.15, 0.2) is 6.29 Å². The molecule has 0 fully saturated rings. The minimum absolute atomic E-state index is 0.698. The summed E-state index contributed by atoms with van der Waals surface area (Å²) in [5, 5.41) is 0. The van der Waals surface area contributed by atoms with Crippen LogP contribution in [0.2, 0.25) is 0 Å². The number of carbonyl (C=O) groups is 1. The van der Waals surface area contributed by atoms with Crippen molar-refractivity contribution in [2.24, 2.45) is 0 Å². The molecule has 0 amide bonds. The zero-order valence-corrected chi connectivity index (χ0v) is 8.03. The summed E-state index contributed by atoms with van der Waals surface area (Å²) in [7, 11) is 4.01. The Bertz CT molecular complexity index is 284. The SMILES string of the molecule is CN(C)CCc1ncccc1C=O. The number of likely N-dealkylation sites (N-methyl/N-ethyl adjacent to an activating group) is 1. The first-order valence-electron chi connectivity index (χ1n) is 4.28. The van der Waals surface area contributed by atoms with E-state index in [9.17, 15) is 4.79 Å². The van der Waals surface area contributed by atoms with E-state index in [0.717, 1.165) is 24.9 Å². The van der Waals surface area contributed by atoms with E-state index in [0.29, 0.717) is 5.56 Å². The van der Waals surface area contributed by atoms with Gasteiger partial charge in [-0.1, -0.05) is 0 Å². The largest absolute Gasteiger partial charge is 0.309 e. The van der Waals surface area contributed by atoms with Gasteiger partial charge >= 0.3 is 0 Å². The zero-order valence-electron chi connectivity index (χ0n) is 8.03. The maximum Gasteiger partial charge on any atom is 0.151 e. The summed E-state index contributed by atoms with van der Waals surface area (Å²) in [4.78, 5) is 16.9. The number of hydrogen-bond donors (Lipinski definition) is 0. The maximum absolute atomic E-state index is 10.6. The molecule has 3 heteroatoms. The van der Waals surface area contributed by atoms with Crippen LogP contribution in [-0.4, -0.2) is 36.8 Å². The molecule has 0 aliphatic rings. The Kier molecular flexibility index (Phi) is 3.58. The Morgan fingerprint density at radius 2 is 2.31 bits per heavy atom. The second kappa shape index (κ2) is 4.72. The van der Waals surface area contributed by atoms with E-state index in [1.165, 1.54) is 0 Å². The molecule has 0 spiro atoms. The molecular weight excluding hydrogens is 164 g/mol. The van der Waals surface area contributed by atoms with Crippen molar-refractivity contribution in [3.63, 3.8) is 0 Å². The third-order valence-electron chi connectivity index (χ3n) is 1.85. The van der Waals surface area contributed by atoms with Crippen molar-refractivity contribution in [2.75, 3.05) is 20.6 Å². The predicted molar refractivity (Wildman–Crippen MR) is 51.9 cm³/mol. The first-order valence-corrected chi connectivity index (χ1v) is 4.28. The highest BCUT2D eigenvalue weighted by Gasteiger charge is 2.01. The molecular formula is C10H14N2O. The second-order valence-electron chi connectivity index (χ2n) is 3.21. The Labute approximate surface area is 78.4 Å². The van der Waals surface area contributed by atoms with Crippen molar-refractivity contribution in [3.8, 4) is 0 Å². The molecule has 13 heavy (non-hydrogen) atoms. The van der Waals surface area contributed by atoms with E-state index in [2.05, 4.69) is 9.88 Å². The number of nitrogens with zero attached hydrogens (tertiary/aromatic N) is 2. The fourth-order valence-electron chi connectivity index (χ4n) is 1.10. The van der Waals surface area contributed by atoms with Gasteiger partial charge in [-0.25, -0.2) is 0 Å². The van der Waals surface area contributed by atoms with Gasteiger partial charge in [-0.3, -0.25) is 9.78 Å². The van der Waals surface area contributed by atoms with Gasteiger partial charge in [-0.05, 0) is 26.2 Å². The van der Waals surface area contributed by atoms with Crippen LogP contribution >= 0.6 is 0 Å². The number of pyridine rings is 1.